The lowest BCUT2D eigenvalue weighted by Gasteiger charge is -2.19. The Labute approximate surface area is 230 Å². The van der Waals surface area contributed by atoms with E-state index in [0.29, 0.717) is 0 Å². The average Bonchev–Trinajstić information content (AvgIpc) is 2.72. The summed E-state index contributed by atoms with van der Waals surface area (Å²) in [6.07, 6.45) is -12.5. The summed E-state index contributed by atoms with van der Waals surface area (Å²) in [5, 5.41) is 0. The second-order valence-electron chi connectivity index (χ2n) is 6.33. The molecule has 0 heterocycles. The van der Waals surface area contributed by atoms with Gasteiger partial charge in [0.25, 0.3) is 0 Å². The molecule has 0 aromatic heterocycles. The number of halogens is 16. The van der Waals surface area contributed by atoms with E-state index in [0.717, 1.165) is 24.3 Å². The van der Waals surface area contributed by atoms with E-state index >= 15 is 0 Å². The maximum atomic E-state index is 13.0. The number of hydrogen-bond acceptors (Lipinski definition) is 4. The van der Waals surface area contributed by atoms with Crippen molar-refractivity contribution < 1.29 is 121 Å². The molecule has 4 nitrogen and oxygen atoms in total. The molecule has 2 aromatic carbocycles. The Morgan fingerprint density at radius 2 is 0.692 bits per heavy atom. The molecule has 0 bridgehead atoms. The zero-order valence-corrected chi connectivity index (χ0v) is 23.0. The van der Waals surface area contributed by atoms with Crippen LogP contribution in [0.3, 0.4) is 0 Å². The zero-order valence-electron chi connectivity index (χ0n) is 17.9. The first-order valence-electron chi connectivity index (χ1n) is 8.89. The van der Waals surface area contributed by atoms with Gasteiger partial charge in [0.15, 0.2) is 7.14 Å². The first-order valence-corrected chi connectivity index (χ1v) is 14.5. The largest absolute Gasteiger partial charge is 0.759 e. The van der Waals surface area contributed by atoms with Gasteiger partial charge < -0.3 is 9.11 Å². The van der Waals surface area contributed by atoms with E-state index in [1.54, 1.807) is 0 Å². The minimum Gasteiger partial charge on any atom is -0.759 e. The van der Waals surface area contributed by atoms with Crippen molar-refractivity contribution in [3.8, 4) is 0 Å². The van der Waals surface area contributed by atoms with Crippen LogP contribution in [0.1, 0.15) is 0 Å². The van der Waals surface area contributed by atoms with Gasteiger partial charge in [-0.05, 0) is 24.3 Å². The summed E-state index contributed by atoms with van der Waals surface area (Å²) in [4.78, 5) is 0. The topological polar surface area (TPSA) is 80.3 Å². The molecule has 0 atom stereocenters. The van der Waals surface area contributed by atoms with Crippen LogP contribution in [0.25, 0.3) is 0 Å². The Morgan fingerprint density at radius 1 is 0.487 bits per heavy atom. The van der Waals surface area contributed by atoms with Crippen molar-refractivity contribution in [3.63, 3.8) is 0 Å². The molecule has 0 amide bonds. The third kappa shape index (κ3) is 12.0. The maximum absolute atomic E-state index is 13.0. The van der Waals surface area contributed by atoms with E-state index in [9.17, 15) is 61.5 Å². The molecule has 0 radical (unpaired) electrons. The van der Waals surface area contributed by atoms with Gasteiger partial charge in [0.05, 0.1) is 0 Å². The molecule has 0 aliphatic rings. The van der Waals surface area contributed by atoms with Gasteiger partial charge in [-0.3, -0.25) is 8.42 Å². The summed E-state index contributed by atoms with van der Waals surface area (Å²) in [5.74, 6) is -12.0. The fourth-order valence-electron chi connectivity index (χ4n) is 1.67. The van der Waals surface area contributed by atoms with Gasteiger partial charge >= 0.3 is 74.5 Å². The monoisotopic (exact) mass is 842 g/mol. The first-order chi connectivity index (χ1) is 17.2. The van der Waals surface area contributed by atoms with Gasteiger partial charge in [-0.1, -0.05) is 36.4 Å². The molecule has 2 rings (SSSR count). The molecular formula is C18H10F14I2O4S. The molecule has 39 heavy (non-hydrogen) atoms. The highest BCUT2D eigenvalue weighted by molar-refractivity contribution is 7.79. The Hall–Kier alpha value is -1.21. The Balaban J connectivity index is 0.000000632. The van der Waals surface area contributed by atoms with E-state index in [1.165, 1.54) is 36.4 Å². The SMILES string of the molecule is FC(F)(F)C(F)(F)C(F)(F)[I+]c1ccccc1.FC(F)(F)C(F)(F)C(F)(F)[I+]c1ccccc1.O=S(=O)([O-])[O-]. The first kappa shape index (κ1) is 37.8. The van der Waals surface area contributed by atoms with Gasteiger partial charge in [-0.25, -0.2) is 0 Å². The molecule has 0 saturated carbocycles. The maximum Gasteiger partial charge on any atom is 0.520 e. The van der Waals surface area contributed by atoms with E-state index < -0.39 is 84.9 Å². The van der Waals surface area contributed by atoms with E-state index in [2.05, 4.69) is 0 Å². The Morgan fingerprint density at radius 3 is 0.872 bits per heavy atom. The molecule has 0 saturated heterocycles. The van der Waals surface area contributed by atoms with Crippen molar-refractivity contribution in [1.82, 2.24) is 0 Å². The lowest BCUT2D eigenvalue weighted by molar-refractivity contribution is -0.791. The van der Waals surface area contributed by atoms with Crippen molar-refractivity contribution in [2.24, 2.45) is 0 Å². The minimum atomic E-state index is -6.25. The molecule has 0 unspecified atom stereocenters. The minimum absolute atomic E-state index is 0.180. The molecule has 0 N–H and O–H groups in total. The predicted molar refractivity (Wildman–Crippen MR) is 92.7 cm³/mol. The normalized spacial score (nSPS) is 13.5. The number of hydrogen-bond donors (Lipinski definition) is 0. The van der Waals surface area contributed by atoms with Crippen molar-refractivity contribution in [3.05, 3.63) is 67.8 Å². The highest BCUT2D eigenvalue weighted by Gasteiger charge is 2.82. The molecule has 224 valence electrons. The van der Waals surface area contributed by atoms with Gasteiger partial charge in [-0.15, -0.1) is 17.6 Å². The molecule has 21 heteroatoms. The molecule has 0 fully saturated rings. The number of alkyl halides is 16. The molecule has 0 spiro atoms. The predicted octanol–water partition coefficient (Wildman–Crippen LogP) is 0.133. The second-order valence-corrected chi connectivity index (χ2v) is 13.4. The summed E-state index contributed by atoms with van der Waals surface area (Å²) >= 11 is -5.56. The summed E-state index contributed by atoms with van der Waals surface area (Å²) in [6, 6.07) is 12.5. The van der Waals surface area contributed by atoms with Crippen molar-refractivity contribution >= 4 is 10.4 Å². The smallest absolute Gasteiger partial charge is 0.520 e. The van der Waals surface area contributed by atoms with Gasteiger partial charge in [0, 0.05) is 10.4 Å². The quantitative estimate of drug-likeness (QED) is 0.137. The third-order valence-corrected chi connectivity index (χ3v) is 8.74. The van der Waals surface area contributed by atoms with E-state index in [-0.39, 0.29) is 7.14 Å². The van der Waals surface area contributed by atoms with Crippen LogP contribution in [-0.4, -0.2) is 49.6 Å². The van der Waals surface area contributed by atoms with Crippen LogP contribution in [0.15, 0.2) is 60.7 Å². The molecule has 2 aromatic rings. The van der Waals surface area contributed by atoms with Crippen LogP contribution in [0.2, 0.25) is 0 Å². The second kappa shape index (κ2) is 13.6. The fourth-order valence-corrected chi connectivity index (χ4v) is 6.07. The van der Waals surface area contributed by atoms with Crippen LogP contribution in [-0.2, 0) is 10.4 Å². The zero-order chi connectivity index (χ0) is 31.1. The Kier molecular flexibility index (Phi) is 13.2. The van der Waals surface area contributed by atoms with Crippen molar-refractivity contribution in [2.45, 2.75) is 32.1 Å². The van der Waals surface area contributed by atoms with Crippen LogP contribution in [0, 0.1) is 7.14 Å². The van der Waals surface area contributed by atoms with Gasteiger partial charge in [0.1, 0.15) is 0 Å². The van der Waals surface area contributed by atoms with Crippen LogP contribution in [0.4, 0.5) is 61.5 Å². The lowest BCUT2D eigenvalue weighted by Crippen LogP contribution is -3.68. The number of benzene rings is 2. The standard InChI is InChI=1S/2C9H5F7I.H2O4S/c2*10-7(11,8(12,13)14)9(15,16)17-6-4-2-1-3-5-6;1-5(2,3)4/h2*1-5H;(H2,1,2,3,4)/q2*+1;/p-2. The summed E-state index contributed by atoms with van der Waals surface area (Å²) in [7, 11) is -5.17. The van der Waals surface area contributed by atoms with E-state index in [4.69, 9.17) is 17.5 Å². The van der Waals surface area contributed by atoms with Gasteiger partial charge in [0.2, 0.25) is 0 Å². The molecule has 0 aliphatic heterocycles. The fraction of sp³-hybridized carbons (Fsp3) is 0.333. The average molecular weight is 842 g/mol. The number of rotatable bonds is 6. The molecular weight excluding hydrogens is 832 g/mol. The van der Waals surface area contributed by atoms with Crippen LogP contribution >= 0.6 is 0 Å². The Bertz CT molecular complexity index is 1040. The summed E-state index contributed by atoms with van der Waals surface area (Å²) in [6.45, 7) is 0. The third-order valence-electron chi connectivity index (χ3n) is 3.35. The van der Waals surface area contributed by atoms with E-state index in [1.807, 2.05) is 0 Å². The summed E-state index contributed by atoms with van der Waals surface area (Å²) in [5.41, 5.74) is 0. The van der Waals surface area contributed by atoms with Gasteiger partial charge in [-0.2, -0.15) is 43.9 Å². The molecule has 0 aliphatic carbocycles. The van der Waals surface area contributed by atoms with Crippen LogP contribution in [0.5, 0.6) is 0 Å². The summed E-state index contributed by atoms with van der Waals surface area (Å²) < 4.78 is 197. The lowest BCUT2D eigenvalue weighted by atomic mass is 10.3. The van der Waals surface area contributed by atoms with Crippen molar-refractivity contribution in [2.75, 3.05) is 0 Å². The highest BCUT2D eigenvalue weighted by Crippen LogP contribution is 2.43. The highest BCUT2D eigenvalue weighted by atomic mass is 127. The van der Waals surface area contributed by atoms with Crippen LogP contribution < -0.4 is 42.4 Å². The van der Waals surface area contributed by atoms with Crippen molar-refractivity contribution in [1.29, 1.82) is 0 Å².